The van der Waals surface area contributed by atoms with Crippen LogP contribution in [0.15, 0.2) is 46.0 Å². The molecular formula is C16H9F6N3O2. The number of aromatic amines is 1. The summed E-state index contributed by atoms with van der Waals surface area (Å²) in [6, 6.07) is 7.57. The Morgan fingerprint density at radius 3 is 2.15 bits per heavy atom. The molecule has 0 amide bonds. The normalized spacial score (nSPS) is 12.5. The molecule has 1 aromatic carbocycles. The first kappa shape index (κ1) is 18.7. The van der Waals surface area contributed by atoms with Gasteiger partial charge in [0.05, 0.1) is 17.5 Å². The summed E-state index contributed by atoms with van der Waals surface area (Å²) in [5.41, 5.74) is -6.88. The molecule has 0 aliphatic rings. The number of halogens is 6. The average molecular weight is 389 g/mol. The molecule has 0 spiro atoms. The number of benzene rings is 1. The van der Waals surface area contributed by atoms with Crippen LogP contribution in [0.1, 0.15) is 16.8 Å². The number of nitrogens with zero attached hydrogens (tertiary/aromatic N) is 2. The SMILES string of the molecule is O=c1[nH]c(=O)n(Cc2ccccc2)c2nc(C(F)(F)F)cc(C(F)(F)F)c12. The second kappa shape index (κ2) is 6.25. The van der Waals surface area contributed by atoms with E-state index in [1.54, 1.807) is 23.2 Å². The Hall–Kier alpha value is -3.11. The summed E-state index contributed by atoms with van der Waals surface area (Å²) in [5.74, 6) is 0. The van der Waals surface area contributed by atoms with Gasteiger partial charge in [-0.2, -0.15) is 26.3 Å². The number of alkyl halides is 6. The van der Waals surface area contributed by atoms with Gasteiger partial charge in [0, 0.05) is 0 Å². The van der Waals surface area contributed by atoms with Gasteiger partial charge in [-0.05, 0) is 11.6 Å². The van der Waals surface area contributed by atoms with E-state index in [-0.39, 0.29) is 12.6 Å². The Morgan fingerprint density at radius 2 is 1.59 bits per heavy atom. The van der Waals surface area contributed by atoms with E-state index in [4.69, 9.17) is 0 Å². The molecule has 0 atom stereocenters. The minimum Gasteiger partial charge on any atom is -0.273 e. The van der Waals surface area contributed by atoms with Gasteiger partial charge >= 0.3 is 18.0 Å². The smallest absolute Gasteiger partial charge is 0.273 e. The molecule has 0 aliphatic carbocycles. The molecule has 0 radical (unpaired) electrons. The van der Waals surface area contributed by atoms with Crippen LogP contribution in [0, 0.1) is 0 Å². The van der Waals surface area contributed by atoms with Crippen LogP contribution < -0.4 is 11.2 Å². The number of hydrogen-bond acceptors (Lipinski definition) is 3. The van der Waals surface area contributed by atoms with Gasteiger partial charge in [-0.25, -0.2) is 9.78 Å². The summed E-state index contributed by atoms with van der Waals surface area (Å²) in [4.78, 5) is 28.9. The molecule has 0 fully saturated rings. The lowest BCUT2D eigenvalue weighted by Crippen LogP contribution is -2.33. The molecule has 2 heterocycles. The van der Waals surface area contributed by atoms with Gasteiger partial charge in [0.15, 0.2) is 5.65 Å². The van der Waals surface area contributed by atoms with Crippen LogP contribution in [0.3, 0.4) is 0 Å². The van der Waals surface area contributed by atoms with Gasteiger partial charge in [0.25, 0.3) is 5.56 Å². The number of rotatable bonds is 2. The third-order valence-electron chi connectivity index (χ3n) is 3.73. The zero-order valence-electron chi connectivity index (χ0n) is 13.1. The predicted octanol–water partition coefficient (Wildman–Crippen LogP) is 3.17. The van der Waals surface area contributed by atoms with Crippen molar-refractivity contribution in [2.45, 2.75) is 18.9 Å². The molecule has 27 heavy (non-hydrogen) atoms. The van der Waals surface area contributed by atoms with Crippen molar-refractivity contribution in [2.24, 2.45) is 0 Å². The summed E-state index contributed by atoms with van der Waals surface area (Å²) >= 11 is 0. The highest BCUT2D eigenvalue weighted by Crippen LogP contribution is 2.37. The van der Waals surface area contributed by atoms with Crippen LogP contribution >= 0.6 is 0 Å². The second-order valence-electron chi connectivity index (χ2n) is 5.58. The molecule has 0 aliphatic heterocycles. The molecule has 142 valence electrons. The predicted molar refractivity (Wildman–Crippen MR) is 82.2 cm³/mol. The standard InChI is InChI=1S/C16H9F6N3O2/c17-15(18,19)9-6-10(16(20,21)22)23-12-11(9)13(26)24-14(27)25(12)7-8-4-2-1-3-5-8/h1-6H,7H2,(H,24,26,27). The van der Waals surface area contributed by atoms with Crippen molar-refractivity contribution in [3.8, 4) is 0 Å². The first-order valence-corrected chi connectivity index (χ1v) is 7.34. The third kappa shape index (κ3) is 3.57. The van der Waals surface area contributed by atoms with E-state index in [0.29, 0.717) is 10.1 Å². The van der Waals surface area contributed by atoms with Crippen molar-refractivity contribution in [3.05, 3.63) is 74.1 Å². The summed E-state index contributed by atoms with van der Waals surface area (Å²) < 4.78 is 79.6. The highest BCUT2D eigenvalue weighted by atomic mass is 19.4. The Morgan fingerprint density at radius 1 is 0.963 bits per heavy atom. The van der Waals surface area contributed by atoms with Gasteiger partial charge < -0.3 is 0 Å². The zero-order chi connectivity index (χ0) is 20.0. The fourth-order valence-corrected chi connectivity index (χ4v) is 2.56. The summed E-state index contributed by atoms with van der Waals surface area (Å²) in [6.07, 6.45) is -10.5. The Labute approximate surface area is 145 Å². The van der Waals surface area contributed by atoms with Crippen molar-refractivity contribution in [3.63, 3.8) is 0 Å². The number of pyridine rings is 1. The zero-order valence-corrected chi connectivity index (χ0v) is 13.1. The average Bonchev–Trinajstić information content (AvgIpc) is 2.56. The van der Waals surface area contributed by atoms with Crippen LogP contribution in [-0.4, -0.2) is 14.5 Å². The van der Waals surface area contributed by atoms with E-state index < -0.39 is 45.9 Å². The lowest BCUT2D eigenvalue weighted by atomic mass is 10.1. The quantitative estimate of drug-likeness (QED) is 0.685. The fraction of sp³-hybridized carbons (Fsp3) is 0.188. The van der Waals surface area contributed by atoms with Gasteiger partial charge in [-0.15, -0.1) is 0 Å². The van der Waals surface area contributed by atoms with Gasteiger partial charge in [-0.1, -0.05) is 30.3 Å². The van der Waals surface area contributed by atoms with Gasteiger partial charge in [-0.3, -0.25) is 14.3 Å². The summed E-state index contributed by atoms with van der Waals surface area (Å²) in [6.45, 7) is -0.376. The van der Waals surface area contributed by atoms with Gasteiger partial charge in [0.1, 0.15) is 5.69 Å². The highest BCUT2D eigenvalue weighted by molar-refractivity contribution is 5.79. The Balaban J connectivity index is 2.43. The van der Waals surface area contributed by atoms with E-state index in [1.165, 1.54) is 12.1 Å². The molecule has 0 bridgehead atoms. The molecule has 0 saturated heterocycles. The van der Waals surface area contributed by atoms with Crippen molar-refractivity contribution in [1.82, 2.24) is 14.5 Å². The third-order valence-corrected chi connectivity index (χ3v) is 3.73. The molecule has 5 nitrogen and oxygen atoms in total. The van der Waals surface area contributed by atoms with E-state index in [0.717, 1.165) is 0 Å². The number of fused-ring (bicyclic) bond motifs is 1. The van der Waals surface area contributed by atoms with Crippen molar-refractivity contribution in [1.29, 1.82) is 0 Å². The molecular weight excluding hydrogens is 380 g/mol. The minimum absolute atomic E-state index is 0.241. The molecule has 3 rings (SSSR count). The van der Waals surface area contributed by atoms with E-state index in [2.05, 4.69) is 4.98 Å². The lowest BCUT2D eigenvalue weighted by Gasteiger charge is -2.16. The van der Waals surface area contributed by atoms with Crippen LogP contribution in [0.4, 0.5) is 26.3 Å². The highest BCUT2D eigenvalue weighted by Gasteiger charge is 2.40. The first-order valence-electron chi connectivity index (χ1n) is 7.34. The molecule has 2 aromatic heterocycles. The molecule has 3 aromatic rings. The molecule has 11 heteroatoms. The minimum atomic E-state index is -5.26. The first-order chi connectivity index (χ1) is 12.5. The molecule has 1 N–H and O–H groups in total. The van der Waals surface area contributed by atoms with Crippen LogP contribution in [0.25, 0.3) is 11.0 Å². The van der Waals surface area contributed by atoms with Crippen molar-refractivity contribution >= 4 is 11.0 Å². The second-order valence-corrected chi connectivity index (χ2v) is 5.58. The number of H-pyrrole nitrogens is 1. The topological polar surface area (TPSA) is 67.8 Å². The largest absolute Gasteiger partial charge is 0.433 e. The Kier molecular flexibility index (Phi) is 4.32. The Bertz CT molecular complexity index is 1110. The van der Waals surface area contributed by atoms with Crippen LogP contribution in [0.2, 0.25) is 0 Å². The number of hydrogen-bond donors (Lipinski definition) is 1. The van der Waals surface area contributed by atoms with Crippen LogP contribution in [0.5, 0.6) is 0 Å². The molecule has 0 saturated carbocycles. The van der Waals surface area contributed by atoms with E-state index in [9.17, 15) is 35.9 Å². The monoisotopic (exact) mass is 389 g/mol. The van der Waals surface area contributed by atoms with E-state index in [1.807, 2.05) is 0 Å². The van der Waals surface area contributed by atoms with Crippen molar-refractivity contribution in [2.75, 3.05) is 0 Å². The maximum absolute atomic E-state index is 13.3. The maximum Gasteiger partial charge on any atom is 0.433 e. The fourth-order valence-electron chi connectivity index (χ4n) is 2.56. The van der Waals surface area contributed by atoms with Crippen LogP contribution in [-0.2, 0) is 18.9 Å². The maximum atomic E-state index is 13.3. The van der Waals surface area contributed by atoms with E-state index >= 15 is 0 Å². The van der Waals surface area contributed by atoms with Crippen molar-refractivity contribution < 1.29 is 26.3 Å². The summed E-state index contributed by atoms with van der Waals surface area (Å²) in [7, 11) is 0. The number of nitrogens with one attached hydrogen (secondary N) is 1. The summed E-state index contributed by atoms with van der Waals surface area (Å²) in [5, 5.41) is -1.13. The lowest BCUT2D eigenvalue weighted by molar-refractivity contribution is -0.144. The molecule has 0 unspecified atom stereocenters. The van der Waals surface area contributed by atoms with Gasteiger partial charge in [0.2, 0.25) is 0 Å². The number of aromatic nitrogens is 3.